The van der Waals surface area contributed by atoms with Gasteiger partial charge in [0.25, 0.3) is 0 Å². The highest BCUT2D eigenvalue weighted by molar-refractivity contribution is 5.27. The normalized spacial score (nSPS) is 24.0. The highest BCUT2D eigenvalue weighted by Gasteiger charge is 2.48. The van der Waals surface area contributed by atoms with E-state index in [1.807, 2.05) is 0 Å². The lowest BCUT2D eigenvalue weighted by Gasteiger charge is -2.30. The van der Waals surface area contributed by atoms with Gasteiger partial charge in [0.2, 0.25) is 0 Å². The van der Waals surface area contributed by atoms with E-state index in [9.17, 15) is 13.2 Å². The second-order valence-corrected chi connectivity index (χ2v) is 6.72. The number of hydrogen-bond donors (Lipinski definition) is 0. The van der Waals surface area contributed by atoms with Crippen LogP contribution < -0.4 is 0 Å². The largest absolute Gasteiger partial charge is 0.397 e. The Kier molecular flexibility index (Phi) is 7.02. The molecule has 0 spiro atoms. The molecule has 2 atom stereocenters. The minimum atomic E-state index is -4.15. The van der Waals surface area contributed by atoms with E-state index < -0.39 is 11.6 Å². The van der Waals surface area contributed by atoms with Crippen molar-refractivity contribution in [2.75, 3.05) is 0 Å². The molecule has 0 aromatic carbocycles. The Balaban J connectivity index is 2.31. The number of hydrogen-bond acceptors (Lipinski definition) is 0. The number of rotatable bonds is 8. The molecule has 0 aromatic rings. The number of alkyl halides is 3. The smallest absolute Gasteiger partial charge is 0.170 e. The van der Waals surface area contributed by atoms with E-state index in [1.54, 1.807) is 12.2 Å². The van der Waals surface area contributed by atoms with Crippen LogP contribution in [-0.4, -0.2) is 6.18 Å². The van der Waals surface area contributed by atoms with Crippen molar-refractivity contribution in [2.45, 2.75) is 78.3 Å². The zero-order valence-electron chi connectivity index (χ0n) is 13.6. The fourth-order valence-corrected chi connectivity index (χ4v) is 2.64. The lowest BCUT2D eigenvalue weighted by Crippen LogP contribution is -2.33. The van der Waals surface area contributed by atoms with Gasteiger partial charge in [-0.3, -0.25) is 0 Å². The molecule has 0 heterocycles. The molecule has 0 saturated carbocycles. The summed E-state index contributed by atoms with van der Waals surface area (Å²) >= 11 is 0. The number of halogens is 3. The van der Waals surface area contributed by atoms with Gasteiger partial charge in [-0.05, 0) is 32.1 Å². The molecule has 0 radical (unpaired) electrons. The van der Waals surface area contributed by atoms with Crippen LogP contribution in [0.5, 0.6) is 0 Å². The molecule has 0 aromatic heterocycles. The summed E-state index contributed by atoms with van der Waals surface area (Å²) < 4.78 is 38.7. The van der Waals surface area contributed by atoms with E-state index in [-0.39, 0.29) is 6.42 Å². The van der Waals surface area contributed by atoms with E-state index in [4.69, 9.17) is 0 Å². The van der Waals surface area contributed by atoms with Crippen molar-refractivity contribution in [1.29, 1.82) is 0 Å². The summed E-state index contributed by atoms with van der Waals surface area (Å²) in [5.74, 6) is 0.659. The molecule has 1 aliphatic rings. The summed E-state index contributed by atoms with van der Waals surface area (Å²) in [6.07, 6.45) is 9.06. The molecule has 1 rings (SSSR count). The van der Waals surface area contributed by atoms with Crippen LogP contribution in [0.2, 0.25) is 0 Å². The maximum Gasteiger partial charge on any atom is 0.397 e. The van der Waals surface area contributed by atoms with Gasteiger partial charge in [0, 0.05) is 0 Å². The average molecular weight is 302 g/mol. The summed E-state index contributed by atoms with van der Waals surface area (Å²) in [6, 6.07) is 0. The molecule has 0 N–H and O–H groups in total. The Hall–Kier alpha value is -0.730. The summed E-state index contributed by atoms with van der Waals surface area (Å²) in [5, 5.41) is 0. The summed E-state index contributed by atoms with van der Waals surface area (Å²) in [6.45, 7) is 5.73. The van der Waals surface area contributed by atoms with Crippen molar-refractivity contribution in [3.8, 4) is 0 Å². The Labute approximate surface area is 127 Å². The number of unbranched alkanes of at least 4 members (excludes halogenated alkanes) is 3. The molecule has 0 amide bonds. The first-order valence-electron chi connectivity index (χ1n) is 8.23. The third-order valence-electron chi connectivity index (χ3n) is 4.58. The molecule has 0 bridgehead atoms. The predicted molar refractivity (Wildman–Crippen MR) is 83.2 cm³/mol. The molecular weight excluding hydrogens is 273 g/mol. The molecule has 1 unspecified atom stereocenters. The van der Waals surface area contributed by atoms with Crippen molar-refractivity contribution < 1.29 is 13.2 Å². The lowest BCUT2D eigenvalue weighted by molar-refractivity contribution is -0.199. The monoisotopic (exact) mass is 302 g/mol. The van der Waals surface area contributed by atoms with Gasteiger partial charge < -0.3 is 0 Å². The van der Waals surface area contributed by atoms with Gasteiger partial charge in [0.15, 0.2) is 0 Å². The van der Waals surface area contributed by atoms with Crippen LogP contribution in [0, 0.1) is 11.3 Å². The average Bonchev–Trinajstić information content (AvgIpc) is 2.42. The predicted octanol–water partition coefficient (Wildman–Crippen LogP) is 6.83. The molecule has 0 aliphatic heterocycles. The van der Waals surface area contributed by atoms with Crippen molar-refractivity contribution >= 4 is 0 Å². The van der Waals surface area contributed by atoms with Crippen molar-refractivity contribution in [3.63, 3.8) is 0 Å². The molecule has 122 valence electrons. The minimum absolute atomic E-state index is 0.0766. The van der Waals surface area contributed by atoms with Gasteiger partial charge in [-0.15, -0.1) is 0 Å². The van der Waals surface area contributed by atoms with Crippen molar-refractivity contribution in [1.82, 2.24) is 0 Å². The fourth-order valence-electron chi connectivity index (χ4n) is 2.64. The first-order chi connectivity index (χ1) is 9.78. The van der Waals surface area contributed by atoms with Crippen LogP contribution in [0.3, 0.4) is 0 Å². The molecule has 0 fully saturated rings. The highest BCUT2D eigenvalue weighted by atomic mass is 19.4. The van der Waals surface area contributed by atoms with Crippen molar-refractivity contribution in [2.24, 2.45) is 11.3 Å². The van der Waals surface area contributed by atoms with Gasteiger partial charge in [-0.25, -0.2) is 0 Å². The zero-order chi connectivity index (χ0) is 15.9. The highest BCUT2D eigenvalue weighted by Crippen LogP contribution is 2.44. The van der Waals surface area contributed by atoms with Gasteiger partial charge in [0.05, 0.1) is 5.41 Å². The maximum absolute atomic E-state index is 12.9. The van der Waals surface area contributed by atoms with Crippen LogP contribution in [0.15, 0.2) is 23.8 Å². The molecule has 0 nitrogen and oxygen atoms in total. The molecule has 0 saturated heterocycles. The van der Waals surface area contributed by atoms with Gasteiger partial charge in [-0.1, -0.05) is 69.8 Å². The Morgan fingerprint density at radius 2 is 1.90 bits per heavy atom. The van der Waals surface area contributed by atoms with Gasteiger partial charge in [0.1, 0.15) is 0 Å². The van der Waals surface area contributed by atoms with E-state index in [0.717, 1.165) is 18.4 Å². The Morgan fingerprint density at radius 3 is 2.43 bits per heavy atom. The van der Waals surface area contributed by atoms with E-state index in [2.05, 4.69) is 13.8 Å². The summed E-state index contributed by atoms with van der Waals surface area (Å²) in [5.41, 5.74) is -0.612. The maximum atomic E-state index is 12.9. The number of allylic oxidation sites excluding steroid dienone is 4. The Morgan fingerprint density at radius 1 is 1.19 bits per heavy atom. The third-order valence-corrected chi connectivity index (χ3v) is 4.58. The van der Waals surface area contributed by atoms with E-state index in [0.29, 0.717) is 5.92 Å². The SMILES string of the molecule is CCCCCC[C@H](C)CCC1=CCC(C)(C(F)(F)F)C=C1. The summed E-state index contributed by atoms with van der Waals surface area (Å²) in [7, 11) is 0. The first kappa shape index (κ1) is 18.3. The van der Waals surface area contributed by atoms with Crippen LogP contribution in [0.25, 0.3) is 0 Å². The minimum Gasteiger partial charge on any atom is -0.170 e. The zero-order valence-corrected chi connectivity index (χ0v) is 13.6. The van der Waals surface area contributed by atoms with E-state index >= 15 is 0 Å². The first-order valence-corrected chi connectivity index (χ1v) is 8.23. The second-order valence-electron chi connectivity index (χ2n) is 6.72. The fraction of sp³-hybridized carbons (Fsp3) is 0.778. The second kappa shape index (κ2) is 8.05. The topological polar surface area (TPSA) is 0 Å². The van der Waals surface area contributed by atoms with E-state index in [1.165, 1.54) is 45.1 Å². The quantitative estimate of drug-likeness (QED) is 0.431. The Bertz CT molecular complexity index is 365. The van der Waals surface area contributed by atoms with Gasteiger partial charge >= 0.3 is 6.18 Å². The standard InChI is InChI=1S/C18H29F3/c1-4-5-6-7-8-15(2)9-10-16-11-13-17(3,14-12-16)18(19,20)21/h11-13,15H,4-10,14H2,1-3H3/t15-,17?/m0/s1. The summed E-state index contributed by atoms with van der Waals surface area (Å²) in [4.78, 5) is 0. The van der Waals surface area contributed by atoms with Crippen LogP contribution in [0.1, 0.15) is 72.1 Å². The van der Waals surface area contributed by atoms with Crippen LogP contribution >= 0.6 is 0 Å². The third kappa shape index (κ3) is 5.88. The molecule has 1 aliphatic carbocycles. The van der Waals surface area contributed by atoms with Gasteiger partial charge in [-0.2, -0.15) is 13.2 Å². The molecular formula is C18H29F3. The van der Waals surface area contributed by atoms with Crippen LogP contribution in [-0.2, 0) is 0 Å². The molecule has 21 heavy (non-hydrogen) atoms. The van der Waals surface area contributed by atoms with Crippen LogP contribution in [0.4, 0.5) is 13.2 Å². The lowest BCUT2D eigenvalue weighted by atomic mass is 9.80. The molecule has 3 heteroatoms. The van der Waals surface area contributed by atoms with Crippen molar-refractivity contribution in [3.05, 3.63) is 23.8 Å².